The minimum atomic E-state index is -0.766. The average molecular weight is 310 g/mol. The van der Waals surface area contributed by atoms with E-state index in [9.17, 15) is 14.4 Å². The van der Waals surface area contributed by atoms with Crippen LogP contribution in [0.3, 0.4) is 0 Å². The highest BCUT2D eigenvalue weighted by Crippen LogP contribution is 2.34. The van der Waals surface area contributed by atoms with Gasteiger partial charge in [0.2, 0.25) is 5.91 Å². The molecular formula is C15H26N4O3. The first-order chi connectivity index (χ1) is 10.4. The van der Waals surface area contributed by atoms with Crippen LogP contribution in [0.25, 0.3) is 0 Å². The van der Waals surface area contributed by atoms with Crippen LogP contribution in [-0.2, 0) is 9.59 Å². The number of nitrogens with zero attached hydrogens (tertiary/aromatic N) is 1. The van der Waals surface area contributed by atoms with Crippen LogP contribution in [0.4, 0.5) is 4.79 Å². The van der Waals surface area contributed by atoms with Gasteiger partial charge in [-0.3, -0.25) is 14.5 Å². The molecule has 2 aliphatic rings. The Kier molecular flexibility index (Phi) is 4.75. The highest BCUT2D eigenvalue weighted by molar-refractivity contribution is 6.09. The molecule has 1 saturated heterocycles. The Labute approximate surface area is 131 Å². The van der Waals surface area contributed by atoms with Gasteiger partial charge >= 0.3 is 6.03 Å². The minimum absolute atomic E-state index is 0.242. The van der Waals surface area contributed by atoms with E-state index in [0.29, 0.717) is 32.2 Å². The zero-order chi connectivity index (χ0) is 16.4. The molecule has 0 aromatic rings. The first kappa shape index (κ1) is 16.7. The van der Waals surface area contributed by atoms with E-state index in [0.717, 1.165) is 17.7 Å². The third-order valence-corrected chi connectivity index (χ3v) is 5.15. The summed E-state index contributed by atoms with van der Waals surface area (Å²) >= 11 is 0. The molecule has 4 N–H and O–H groups in total. The van der Waals surface area contributed by atoms with Crippen LogP contribution >= 0.6 is 0 Å². The fraction of sp³-hybridized carbons (Fsp3) is 0.800. The summed E-state index contributed by atoms with van der Waals surface area (Å²) in [6.07, 6.45) is 4.58. The molecule has 7 heteroatoms. The van der Waals surface area contributed by atoms with E-state index in [1.807, 2.05) is 13.8 Å². The molecule has 1 spiro atoms. The van der Waals surface area contributed by atoms with Crippen LogP contribution in [0.5, 0.6) is 0 Å². The van der Waals surface area contributed by atoms with E-state index in [4.69, 9.17) is 5.73 Å². The van der Waals surface area contributed by atoms with Gasteiger partial charge in [0.05, 0.1) is 5.54 Å². The highest BCUT2D eigenvalue weighted by Gasteiger charge is 2.52. The Morgan fingerprint density at radius 2 is 1.91 bits per heavy atom. The van der Waals surface area contributed by atoms with Crippen molar-refractivity contribution in [2.75, 3.05) is 13.1 Å². The van der Waals surface area contributed by atoms with Gasteiger partial charge in [-0.25, -0.2) is 4.79 Å². The molecule has 0 aromatic carbocycles. The molecule has 1 aliphatic heterocycles. The molecule has 1 heterocycles. The molecule has 0 bridgehead atoms. The van der Waals surface area contributed by atoms with E-state index in [1.165, 1.54) is 0 Å². The number of nitrogens with two attached hydrogens (primary N) is 1. The Hall–Kier alpha value is -1.63. The van der Waals surface area contributed by atoms with Crippen LogP contribution in [-0.4, -0.2) is 46.9 Å². The van der Waals surface area contributed by atoms with Crippen LogP contribution in [0, 0.1) is 0 Å². The summed E-state index contributed by atoms with van der Waals surface area (Å²) in [6.45, 7) is 4.00. The van der Waals surface area contributed by atoms with E-state index in [1.54, 1.807) is 0 Å². The number of carbonyl (C=O) groups is 3. The Balaban J connectivity index is 2.02. The van der Waals surface area contributed by atoms with E-state index < -0.39 is 17.1 Å². The highest BCUT2D eigenvalue weighted by atomic mass is 16.2. The Bertz CT molecular complexity index is 459. The van der Waals surface area contributed by atoms with Crippen molar-refractivity contribution in [3.63, 3.8) is 0 Å². The maximum absolute atomic E-state index is 12.5. The van der Waals surface area contributed by atoms with Gasteiger partial charge in [0, 0.05) is 6.54 Å². The molecular weight excluding hydrogens is 284 g/mol. The summed E-state index contributed by atoms with van der Waals surface area (Å²) in [4.78, 5) is 37.8. The van der Waals surface area contributed by atoms with Crippen LogP contribution in [0.15, 0.2) is 0 Å². The first-order valence-corrected chi connectivity index (χ1v) is 8.07. The smallest absolute Gasteiger partial charge is 0.325 e. The number of imide groups is 1. The van der Waals surface area contributed by atoms with Gasteiger partial charge in [-0.2, -0.15) is 0 Å². The lowest BCUT2D eigenvalue weighted by Gasteiger charge is -2.32. The van der Waals surface area contributed by atoms with Gasteiger partial charge < -0.3 is 16.4 Å². The second kappa shape index (κ2) is 6.24. The summed E-state index contributed by atoms with van der Waals surface area (Å²) in [6, 6.07) is -0.464. The Morgan fingerprint density at radius 1 is 1.32 bits per heavy atom. The van der Waals surface area contributed by atoms with Crippen LogP contribution < -0.4 is 16.4 Å². The zero-order valence-corrected chi connectivity index (χ0v) is 13.4. The van der Waals surface area contributed by atoms with Gasteiger partial charge in [-0.05, 0) is 25.7 Å². The van der Waals surface area contributed by atoms with Crippen molar-refractivity contribution >= 4 is 17.8 Å². The molecule has 2 rings (SSSR count). The van der Waals surface area contributed by atoms with Gasteiger partial charge in [-0.15, -0.1) is 0 Å². The van der Waals surface area contributed by atoms with Crippen molar-refractivity contribution in [3.8, 4) is 0 Å². The number of hydrogen-bond donors (Lipinski definition) is 3. The number of urea groups is 1. The largest absolute Gasteiger partial charge is 0.348 e. The number of carbonyl (C=O) groups excluding carboxylic acids is 3. The van der Waals surface area contributed by atoms with Crippen molar-refractivity contribution in [1.29, 1.82) is 0 Å². The Morgan fingerprint density at radius 3 is 2.41 bits per heavy atom. The maximum Gasteiger partial charge on any atom is 0.325 e. The topological polar surface area (TPSA) is 105 Å². The summed E-state index contributed by atoms with van der Waals surface area (Å²) in [5.74, 6) is -0.607. The van der Waals surface area contributed by atoms with Crippen LogP contribution in [0.1, 0.15) is 52.4 Å². The number of amides is 4. The lowest BCUT2D eigenvalue weighted by atomic mass is 9.93. The molecule has 2 fully saturated rings. The molecule has 124 valence electrons. The predicted octanol–water partition coefficient (Wildman–Crippen LogP) is 0.485. The SMILES string of the molecule is CCC(CC)(CN)NC(=O)CN1C(=O)NC2(CCCC2)C1=O. The lowest BCUT2D eigenvalue weighted by molar-refractivity contribution is -0.135. The van der Waals surface area contributed by atoms with Gasteiger partial charge in [0.25, 0.3) is 5.91 Å². The van der Waals surface area contributed by atoms with Crippen molar-refractivity contribution in [2.45, 2.75) is 63.5 Å². The van der Waals surface area contributed by atoms with Gasteiger partial charge in [0.15, 0.2) is 0 Å². The summed E-state index contributed by atoms with van der Waals surface area (Å²) in [7, 11) is 0. The fourth-order valence-corrected chi connectivity index (χ4v) is 3.38. The molecule has 7 nitrogen and oxygen atoms in total. The standard InChI is InChI=1S/C15H26N4O3/c1-3-14(4-2,10-16)17-11(20)9-19-12(21)15(18-13(19)22)7-5-6-8-15/h3-10,16H2,1-2H3,(H,17,20)(H,18,22). The van der Waals surface area contributed by atoms with E-state index in [-0.39, 0.29) is 18.4 Å². The monoisotopic (exact) mass is 310 g/mol. The number of hydrogen-bond acceptors (Lipinski definition) is 4. The first-order valence-electron chi connectivity index (χ1n) is 8.07. The second-order valence-electron chi connectivity index (χ2n) is 6.35. The average Bonchev–Trinajstić information content (AvgIpc) is 3.06. The molecule has 1 aliphatic carbocycles. The van der Waals surface area contributed by atoms with Gasteiger partial charge in [0.1, 0.15) is 12.1 Å². The molecule has 0 unspecified atom stereocenters. The minimum Gasteiger partial charge on any atom is -0.348 e. The second-order valence-corrected chi connectivity index (χ2v) is 6.35. The predicted molar refractivity (Wildman–Crippen MR) is 82.0 cm³/mol. The van der Waals surface area contributed by atoms with Crippen molar-refractivity contribution in [1.82, 2.24) is 15.5 Å². The quantitative estimate of drug-likeness (QED) is 0.621. The third-order valence-electron chi connectivity index (χ3n) is 5.15. The molecule has 4 amide bonds. The zero-order valence-electron chi connectivity index (χ0n) is 13.4. The van der Waals surface area contributed by atoms with Crippen LogP contribution in [0.2, 0.25) is 0 Å². The normalized spacial score (nSPS) is 20.6. The third kappa shape index (κ3) is 2.82. The number of rotatable bonds is 6. The van der Waals surface area contributed by atoms with Crippen molar-refractivity contribution in [2.24, 2.45) is 5.73 Å². The molecule has 0 atom stereocenters. The summed E-state index contributed by atoms with van der Waals surface area (Å²) in [5, 5.41) is 5.66. The van der Waals surface area contributed by atoms with E-state index >= 15 is 0 Å². The lowest BCUT2D eigenvalue weighted by Crippen LogP contribution is -2.55. The van der Waals surface area contributed by atoms with E-state index in [2.05, 4.69) is 10.6 Å². The molecule has 0 radical (unpaired) electrons. The van der Waals surface area contributed by atoms with Crippen molar-refractivity contribution in [3.05, 3.63) is 0 Å². The fourth-order valence-electron chi connectivity index (χ4n) is 3.38. The summed E-state index contributed by atoms with van der Waals surface area (Å²) < 4.78 is 0. The summed E-state index contributed by atoms with van der Waals surface area (Å²) in [5.41, 5.74) is 4.52. The molecule has 0 aromatic heterocycles. The molecule has 1 saturated carbocycles. The maximum atomic E-state index is 12.5. The van der Waals surface area contributed by atoms with Crippen molar-refractivity contribution < 1.29 is 14.4 Å². The molecule has 22 heavy (non-hydrogen) atoms. The number of nitrogens with one attached hydrogen (secondary N) is 2. The van der Waals surface area contributed by atoms with Gasteiger partial charge in [-0.1, -0.05) is 26.7 Å².